The van der Waals surface area contributed by atoms with Crippen LogP contribution < -0.4 is 10.6 Å². The number of aliphatic hydroxyl groups is 1. The molecule has 3 N–H and O–H groups in total. The number of anilines is 1. The summed E-state index contributed by atoms with van der Waals surface area (Å²) in [6.45, 7) is 1.87. The molecule has 0 spiro atoms. The van der Waals surface area contributed by atoms with Crippen LogP contribution in [0.5, 0.6) is 0 Å². The third kappa shape index (κ3) is 5.21. The molecule has 0 fully saturated rings. The van der Waals surface area contributed by atoms with E-state index in [4.69, 9.17) is 5.11 Å². The van der Waals surface area contributed by atoms with Crippen molar-refractivity contribution in [1.29, 1.82) is 0 Å². The second-order valence-corrected chi connectivity index (χ2v) is 5.64. The van der Waals surface area contributed by atoms with Crippen molar-refractivity contribution >= 4 is 17.5 Å². The van der Waals surface area contributed by atoms with E-state index in [0.29, 0.717) is 18.5 Å². The van der Waals surface area contributed by atoms with Crippen molar-refractivity contribution in [2.24, 2.45) is 0 Å². The van der Waals surface area contributed by atoms with E-state index in [1.165, 1.54) is 0 Å². The van der Waals surface area contributed by atoms with Gasteiger partial charge in [0, 0.05) is 18.3 Å². The van der Waals surface area contributed by atoms with Crippen molar-refractivity contribution in [2.45, 2.75) is 25.8 Å². The first-order chi connectivity index (χ1) is 11.6. The lowest BCUT2D eigenvalue weighted by molar-refractivity contribution is -0.136. The predicted molar refractivity (Wildman–Crippen MR) is 94.4 cm³/mol. The highest BCUT2D eigenvalue weighted by molar-refractivity contribution is 6.39. The predicted octanol–water partition coefficient (Wildman–Crippen LogP) is 2.57. The Morgan fingerprint density at radius 1 is 0.958 bits per heavy atom. The van der Waals surface area contributed by atoms with E-state index >= 15 is 0 Å². The first-order valence-corrected chi connectivity index (χ1v) is 7.98. The summed E-state index contributed by atoms with van der Waals surface area (Å²) in [4.78, 5) is 23.7. The molecule has 0 aliphatic heterocycles. The zero-order chi connectivity index (χ0) is 17.4. The largest absolute Gasteiger partial charge is 0.396 e. The summed E-state index contributed by atoms with van der Waals surface area (Å²) in [7, 11) is 0. The molecule has 2 aromatic rings. The molecule has 0 saturated heterocycles. The summed E-state index contributed by atoms with van der Waals surface area (Å²) >= 11 is 0. The van der Waals surface area contributed by atoms with Crippen LogP contribution in [-0.4, -0.2) is 29.6 Å². The maximum Gasteiger partial charge on any atom is 0.313 e. The SMILES string of the molecule is CC(CCCO)NC(=O)C(=O)Nc1ccc(-c2ccccc2)cc1. The van der Waals surface area contributed by atoms with Gasteiger partial charge in [-0.05, 0) is 43.0 Å². The summed E-state index contributed by atoms with van der Waals surface area (Å²) in [5, 5.41) is 14.0. The van der Waals surface area contributed by atoms with E-state index < -0.39 is 11.8 Å². The summed E-state index contributed by atoms with van der Waals surface area (Å²) < 4.78 is 0. The Morgan fingerprint density at radius 2 is 1.58 bits per heavy atom. The number of hydrogen-bond donors (Lipinski definition) is 3. The molecule has 2 amide bonds. The molecule has 0 aromatic heterocycles. The van der Waals surface area contributed by atoms with Crippen LogP contribution in [0, 0.1) is 0 Å². The Kier molecular flexibility index (Phi) is 6.51. The van der Waals surface area contributed by atoms with Gasteiger partial charge in [0.25, 0.3) is 0 Å². The number of carbonyl (C=O) groups is 2. The lowest BCUT2D eigenvalue weighted by Crippen LogP contribution is -2.40. The Hall–Kier alpha value is -2.66. The molecule has 0 bridgehead atoms. The minimum Gasteiger partial charge on any atom is -0.396 e. The Balaban J connectivity index is 1.91. The smallest absolute Gasteiger partial charge is 0.313 e. The first kappa shape index (κ1) is 17.7. The van der Waals surface area contributed by atoms with Gasteiger partial charge < -0.3 is 15.7 Å². The summed E-state index contributed by atoms with van der Waals surface area (Å²) in [5.74, 6) is -1.37. The van der Waals surface area contributed by atoms with Gasteiger partial charge in [0.1, 0.15) is 0 Å². The Morgan fingerprint density at radius 3 is 2.21 bits per heavy atom. The van der Waals surface area contributed by atoms with E-state index in [1.807, 2.05) is 42.5 Å². The van der Waals surface area contributed by atoms with E-state index in [0.717, 1.165) is 11.1 Å². The molecule has 0 saturated carbocycles. The monoisotopic (exact) mass is 326 g/mol. The fourth-order valence-electron chi connectivity index (χ4n) is 2.32. The van der Waals surface area contributed by atoms with Gasteiger partial charge in [0.05, 0.1) is 0 Å². The molecule has 0 heterocycles. The van der Waals surface area contributed by atoms with Crippen molar-refractivity contribution in [2.75, 3.05) is 11.9 Å². The van der Waals surface area contributed by atoms with Gasteiger partial charge in [-0.2, -0.15) is 0 Å². The minimum atomic E-state index is -0.696. The fourth-order valence-corrected chi connectivity index (χ4v) is 2.32. The number of hydrogen-bond acceptors (Lipinski definition) is 3. The van der Waals surface area contributed by atoms with Gasteiger partial charge in [0.15, 0.2) is 0 Å². The van der Waals surface area contributed by atoms with Crippen LogP contribution in [0.3, 0.4) is 0 Å². The molecule has 5 nitrogen and oxygen atoms in total. The zero-order valence-electron chi connectivity index (χ0n) is 13.7. The number of rotatable bonds is 6. The van der Waals surface area contributed by atoms with E-state index in [1.54, 1.807) is 19.1 Å². The molecule has 1 atom stereocenters. The molecule has 5 heteroatoms. The standard InChI is InChI=1S/C19H22N2O3/c1-14(6-5-13-22)20-18(23)19(24)21-17-11-9-16(10-12-17)15-7-3-2-4-8-15/h2-4,7-12,14,22H,5-6,13H2,1H3,(H,20,23)(H,21,24). The van der Waals surface area contributed by atoms with E-state index in [2.05, 4.69) is 10.6 Å². The molecule has 0 aliphatic rings. The summed E-state index contributed by atoms with van der Waals surface area (Å²) in [5.41, 5.74) is 2.69. The van der Waals surface area contributed by atoms with Gasteiger partial charge in [-0.15, -0.1) is 0 Å². The van der Waals surface area contributed by atoms with Crippen LogP contribution >= 0.6 is 0 Å². The molecule has 2 aromatic carbocycles. The van der Waals surface area contributed by atoms with Crippen molar-refractivity contribution in [3.05, 3.63) is 54.6 Å². The van der Waals surface area contributed by atoms with E-state index in [9.17, 15) is 9.59 Å². The van der Waals surface area contributed by atoms with Gasteiger partial charge in [-0.1, -0.05) is 42.5 Å². The van der Waals surface area contributed by atoms with Crippen LogP contribution in [0.1, 0.15) is 19.8 Å². The molecule has 0 radical (unpaired) electrons. The maximum atomic E-state index is 11.9. The molecule has 24 heavy (non-hydrogen) atoms. The number of aliphatic hydroxyl groups excluding tert-OH is 1. The number of amides is 2. The van der Waals surface area contributed by atoms with Gasteiger partial charge in [-0.25, -0.2) is 0 Å². The number of nitrogens with one attached hydrogen (secondary N) is 2. The van der Waals surface area contributed by atoms with Crippen molar-refractivity contribution in [3.63, 3.8) is 0 Å². The summed E-state index contributed by atoms with van der Waals surface area (Å²) in [6, 6.07) is 17.1. The van der Waals surface area contributed by atoms with Crippen molar-refractivity contribution in [1.82, 2.24) is 5.32 Å². The lowest BCUT2D eigenvalue weighted by Gasteiger charge is -2.13. The van der Waals surface area contributed by atoms with Crippen LogP contribution in [0.15, 0.2) is 54.6 Å². The normalized spacial score (nSPS) is 11.6. The second-order valence-electron chi connectivity index (χ2n) is 5.64. The molecule has 0 aliphatic carbocycles. The first-order valence-electron chi connectivity index (χ1n) is 7.98. The molecular weight excluding hydrogens is 304 g/mol. The van der Waals surface area contributed by atoms with Crippen LogP contribution in [0.2, 0.25) is 0 Å². The average molecular weight is 326 g/mol. The van der Waals surface area contributed by atoms with E-state index in [-0.39, 0.29) is 12.6 Å². The molecule has 2 rings (SSSR count). The molecular formula is C19H22N2O3. The maximum absolute atomic E-state index is 11.9. The van der Waals surface area contributed by atoms with Crippen molar-refractivity contribution in [3.8, 4) is 11.1 Å². The third-order valence-electron chi connectivity index (χ3n) is 3.63. The van der Waals surface area contributed by atoms with Gasteiger partial charge >= 0.3 is 11.8 Å². The third-order valence-corrected chi connectivity index (χ3v) is 3.63. The van der Waals surface area contributed by atoms with Crippen LogP contribution in [0.4, 0.5) is 5.69 Å². The Bertz CT molecular complexity index is 669. The van der Waals surface area contributed by atoms with Crippen LogP contribution in [-0.2, 0) is 9.59 Å². The second kappa shape index (κ2) is 8.84. The highest BCUT2D eigenvalue weighted by Gasteiger charge is 2.16. The van der Waals surface area contributed by atoms with Gasteiger partial charge in [-0.3, -0.25) is 9.59 Å². The average Bonchev–Trinajstić information content (AvgIpc) is 2.61. The quantitative estimate of drug-likeness (QED) is 0.714. The van der Waals surface area contributed by atoms with Gasteiger partial charge in [0.2, 0.25) is 0 Å². The zero-order valence-corrected chi connectivity index (χ0v) is 13.7. The molecule has 1 unspecified atom stereocenters. The fraction of sp³-hybridized carbons (Fsp3) is 0.263. The van der Waals surface area contributed by atoms with Crippen molar-refractivity contribution < 1.29 is 14.7 Å². The highest BCUT2D eigenvalue weighted by Crippen LogP contribution is 2.20. The topological polar surface area (TPSA) is 78.4 Å². The summed E-state index contributed by atoms with van der Waals surface area (Å²) in [6.07, 6.45) is 1.21. The highest BCUT2D eigenvalue weighted by atomic mass is 16.3. The molecule has 126 valence electrons. The lowest BCUT2D eigenvalue weighted by atomic mass is 10.1. The minimum absolute atomic E-state index is 0.0696. The number of carbonyl (C=O) groups excluding carboxylic acids is 2. The van der Waals surface area contributed by atoms with Crippen LogP contribution in [0.25, 0.3) is 11.1 Å². The number of benzene rings is 2. The Labute approximate surface area is 141 Å².